The first-order chi connectivity index (χ1) is 9.28. The Kier molecular flexibility index (Phi) is 6.72. The molecule has 3 rings (SSSR count). The van der Waals surface area contributed by atoms with E-state index in [1.54, 1.807) is 6.07 Å². The van der Waals surface area contributed by atoms with Gasteiger partial charge in [0, 0.05) is 47.9 Å². The third-order valence-corrected chi connectivity index (χ3v) is 6.40. The fourth-order valence-corrected chi connectivity index (χ4v) is 5.29. The number of halogens is 1. The molecule has 1 aliphatic heterocycles. The molecule has 0 aromatic heterocycles. The fourth-order valence-electron chi connectivity index (χ4n) is 3.78. The summed E-state index contributed by atoms with van der Waals surface area (Å²) in [4.78, 5) is 0.934. The van der Waals surface area contributed by atoms with Gasteiger partial charge in [-0.3, -0.25) is 0 Å². The van der Waals surface area contributed by atoms with Crippen LogP contribution in [0.3, 0.4) is 0 Å². The van der Waals surface area contributed by atoms with Gasteiger partial charge >= 0.3 is 0 Å². The van der Waals surface area contributed by atoms with Crippen molar-refractivity contribution in [3.63, 3.8) is 0 Å². The van der Waals surface area contributed by atoms with Crippen LogP contribution in [-0.2, 0) is 6.42 Å². The van der Waals surface area contributed by atoms with Crippen LogP contribution in [0.25, 0.3) is 0 Å². The van der Waals surface area contributed by atoms with Crippen molar-refractivity contribution in [3.05, 3.63) is 29.6 Å². The normalized spacial score (nSPS) is 28.8. The molecule has 0 bridgehead atoms. The maximum Gasteiger partial charge on any atom is 0.137 e. The molecule has 112 valence electrons. The largest absolute Gasteiger partial charge is 0.206 e. The van der Waals surface area contributed by atoms with Crippen molar-refractivity contribution in [2.24, 2.45) is 11.8 Å². The van der Waals surface area contributed by atoms with E-state index in [2.05, 4.69) is 13.0 Å². The molecule has 0 saturated heterocycles. The van der Waals surface area contributed by atoms with E-state index < -0.39 is 0 Å². The minimum Gasteiger partial charge on any atom is -0.206 e. The van der Waals surface area contributed by atoms with E-state index >= 15 is 0 Å². The molecule has 0 amide bonds. The van der Waals surface area contributed by atoms with E-state index in [4.69, 9.17) is 0 Å². The van der Waals surface area contributed by atoms with Crippen molar-refractivity contribution < 1.29 is 42.1 Å². The van der Waals surface area contributed by atoms with Crippen LogP contribution < -0.4 is 0 Å². The Hall–Kier alpha value is 0.760. The quantitative estimate of drug-likeness (QED) is 0.714. The van der Waals surface area contributed by atoms with Gasteiger partial charge in [-0.05, 0) is 42.7 Å². The second kappa shape index (κ2) is 7.85. The van der Waals surface area contributed by atoms with Gasteiger partial charge in [0.2, 0.25) is 0 Å². The molecule has 0 radical (unpaired) electrons. The summed E-state index contributed by atoms with van der Waals surface area (Å²) in [5, 5.41) is 0.634. The maximum absolute atomic E-state index is 13.8. The standard InChI is InChI=1S/C17H23FS.Ar/c1-2-4-12-7-9-13(10-8-12)16-11-14-5-3-6-15(18)17(14)19-16;/h3,5-6,12-13,16H,2,4,7-11H2,1H3;. The van der Waals surface area contributed by atoms with Crippen LogP contribution in [0.4, 0.5) is 4.39 Å². The minimum atomic E-state index is -0.00957. The van der Waals surface area contributed by atoms with Crippen LogP contribution >= 0.6 is 11.8 Å². The Morgan fingerprint density at radius 2 is 1.95 bits per heavy atom. The Bertz CT molecular complexity index is 441. The van der Waals surface area contributed by atoms with Crippen LogP contribution in [0.15, 0.2) is 23.1 Å². The predicted molar refractivity (Wildman–Crippen MR) is 80.1 cm³/mol. The summed E-state index contributed by atoms with van der Waals surface area (Å²) in [5.74, 6) is 1.77. The average molecular weight is 318 g/mol. The van der Waals surface area contributed by atoms with Crippen LogP contribution in [-0.4, -0.2) is 5.25 Å². The molecule has 1 saturated carbocycles. The zero-order valence-electron chi connectivity index (χ0n) is 12.1. The van der Waals surface area contributed by atoms with E-state index in [0.717, 1.165) is 23.2 Å². The number of fused-ring (bicyclic) bond motifs is 1. The second-order valence-corrected chi connectivity index (χ2v) is 7.41. The molecule has 1 aliphatic carbocycles. The number of hydrogen-bond acceptors (Lipinski definition) is 1. The van der Waals surface area contributed by atoms with Gasteiger partial charge in [-0.15, -0.1) is 11.8 Å². The van der Waals surface area contributed by atoms with Crippen molar-refractivity contribution in [3.8, 4) is 0 Å². The molecular formula is C17H23ArFS. The van der Waals surface area contributed by atoms with Crippen molar-refractivity contribution in [2.45, 2.75) is 62.0 Å². The monoisotopic (exact) mass is 318 g/mol. The summed E-state index contributed by atoms with van der Waals surface area (Å²) in [6, 6.07) is 5.57. The minimum absolute atomic E-state index is 0. The summed E-state index contributed by atoms with van der Waals surface area (Å²) in [7, 11) is 0. The number of rotatable bonds is 3. The Labute approximate surface area is 156 Å². The van der Waals surface area contributed by atoms with Crippen LogP contribution in [0.2, 0.25) is 0 Å². The molecule has 2 aliphatic rings. The summed E-state index contributed by atoms with van der Waals surface area (Å²) >= 11 is 1.81. The van der Waals surface area contributed by atoms with Gasteiger partial charge in [-0.25, -0.2) is 4.39 Å². The molecule has 0 nitrogen and oxygen atoms in total. The summed E-state index contributed by atoms with van der Waals surface area (Å²) < 4.78 is 13.8. The van der Waals surface area contributed by atoms with Gasteiger partial charge in [-0.2, -0.15) is 0 Å². The Morgan fingerprint density at radius 3 is 2.60 bits per heavy atom. The predicted octanol–water partition coefficient (Wildman–Crippen LogP) is 5.45. The first-order valence-electron chi connectivity index (χ1n) is 7.72. The van der Waals surface area contributed by atoms with Gasteiger partial charge in [0.25, 0.3) is 0 Å². The van der Waals surface area contributed by atoms with E-state index in [0.29, 0.717) is 5.25 Å². The van der Waals surface area contributed by atoms with E-state index in [9.17, 15) is 4.39 Å². The fraction of sp³-hybridized carbons (Fsp3) is 0.647. The Balaban J connectivity index is 0.00000147. The van der Waals surface area contributed by atoms with E-state index in [1.165, 1.54) is 44.1 Å². The number of thioether (sulfide) groups is 1. The molecule has 1 fully saturated rings. The molecule has 1 aromatic rings. The molecule has 3 heteroatoms. The smallest absolute Gasteiger partial charge is 0.137 e. The summed E-state index contributed by atoms with van der Waals surface area (Å²) in [6.45, 7) is 2.29. The average Bonchev–Trinajstić information content (AvgIpc) is 2.85. The van der Waals surface area contributed by atoms with Gasteiger partial charge < -0.3 is 0 Å². The second-order valence-electron chi connectivity index (χ2n) is 6.16. The van der Waals surface area contributed by atoms with Crippen LogP contribution in [0, 0.1) is 55.4 Å². The molecule has 1 atom stereocenters. The van der Waals surface area contributed by atoms with Crippen LogP contribution in [0.1, 0.15) is 51.0 Å². The first-order valence-corrected chi connectivity index (χ1v) is 8.60. The third kappa shape index (κ3) is 3.74. The topological polar surface area (TPSA) is 0 Å². The summed E-state index contributed by atoms with van der Waals surface area (Å²) in [6.07, 6.45) is 9.32. The molecule has 0 N–H and O–H groups in total. The SMILES string of the molecule is CCCC1CCC(C2Cc3cccc(F)c3S2)CC1.[Ar]. The molecule has 0 spiro atoms. The van der Waals surface area contributed by atoms with Crippen molar-refractivity contribution >= 4 is 11.8 Å². The zero-order chi connectivity index (χ0) is 13.2. The molecule has 1 aromatic carbocycles. The van der Waals surface area contributed by atoms with Gasteiger partial charge in [0.1, 0.15) is 5.82 Å². The number of hydrogen-bond donors (Lipinski definition) is 0. The van der Waals surface area contributed by atoms with Crippen molar-refractivity contribution in [1.82, 2.24) is 0 Å². The van der Waals surface area contributed by atoms with Crippen LogP contribution in [0.5, 0.6) is 0 Å². The van der Waals surface area contributed by atoms with Gasteiger partial charge in [-0.1, -0.05) is 44.7 Å². The number of benzene rings is 1. The van der Waals surface area contributed by atoms with Gasteiger partial charge in [0.05, 0.1) is 0 Å². The Morgan fingerprint density at radius 1 is 1.20 bits per heavy atom. The van der Waals surface area contributed by atoms with Crippen molar-refractivity contribution in [1.29, 1.82) is 0 Å². The van der Waals surface area contributed by atoms with Crippen molar-refractivity contribution in [2.75, 3.05) is 0 Å². The third-order valence-electron chi connectivity index (χ3n) is 4.85. The molecule has 20 heavy (non-hydrogen) atoms. The van der Waals surface area contributed by atoms with E-state index in [-0.39, 0.29) is 43.6 Å². The van der Waals surface area contributed by atoms with Gasteiger partial charge in [0.15, 0.2) is 0 Å². The maximum atomic E-state index is 13.8. The first kappa shape index (κ1) is 17.1. The molecule has 1 unspecified atom stereocenters. The summed E-state index contributed by atoms with van der Waals surface area (Å²) in [5.41, 5.74) is 1.24. The van der Waals surface area contributed by atoms with E-state index in [1.807, 2.05) is 17.8 Å². The molecular weight excluding hydrogens is 295 g/mol. The molecule has 1 heterocycles. The zero-order valence-corrected chi connectivity index (χ0v) is 13.6.